The van der Waals surface area contributed by atoms with Gasteiger partial charge in [0.15, 0.2) is 5.78 Å². The van der Waals surface area contributed by atoms with Crippen molar-refractivity contribution in [3.63, 3.8) is 0 Å². The van der Waals surface area contributed by atoms with E-state index in [0.717, 1.165) is 6.07 Å². The van der Waals surface area contributed by atoms with Gasteiger partial charge in [-0.3, -0.25) is 4.79 Å². The van der Waals surface area contributed by atoms with Crippen LogP contribution in [0.5, 0.6) is 0 Å². The van der Waals surface area contributed by atoms with Gasteiger partial charge in [0, 0.05) is 12.0 Å². The first-order chi connectivity index (χ1) is 6.09. The van der Waals surface area contributed by atoms with E-state index in [1.807, 2.05) is 0 Å². The van der Waals surface area contributed by atoms with Crippen LogP contribution in [0.4, 0.5) is 8.78 Å². The van der Waals surface area contributed by atoms with Crippen LogP contribution in [0.15, 0.2) is 12.1 Å². The van der Waals surface area contributed by atoms with Crippen molar-refractivity contribution in [2.24, 2.45) is 5.92 Å². The molecule has 1 aromatic carbocycles. The fourth-order valence-electron chi connectivity index (χ4n) is 1.73. The Morgan fingerprint density at radius 3 is 2.77 bits per heavy atom. The maximum atomic E-state index is 13.1. The second-order valence-electron chi connectivity index (χ2n) is 3.39. The van der Waals surface area contributed by atoms with E-state index >= 15 is 0 Å². The molecule has 1 aliphatic carbocycles. The van der Waals surface area contributed by atoms with Gasteiger partial charge in [0.2, 0.25) is 0 Å². The number of fused-ring (bicyclic) bond motifs is 1. The van der Waals surface area contributed by atoms with E-state index < -0.39 is 11.6 Å². The van der Waals surface area contributed by atoms with Gasteiger partial charge in [0.05, 0.1) is 5.56 Å². The van der Waals surface area contributed by atoms with Gasteiger partial charge in [-0.25, -0.2) is 8.78 Å². The predicted molar refractivity (Wildman–Crippen MR) is 43.6 cm³/mol. The molecule has 0 spiro atoms. The molecule has 3 heteroatoms. The lowest BCUT2D eigenvalue weighted by molar-refractivity contribution is 0.0943. The highest BCUT2D eigenvalue weighted by Crippen LogP contribution is 2.29. The quantitative estimate of drug-likeness (QED) is 0.601. The van der Waals surface area contributed by atoms with Gasteiger partial charge in [0.1, 0.15) is 11.6 Å². The standard InChI is InChI=1S/C10H8F2O/c1-5-2-6-3-7(11)4-8(12)9(6)10(5)13/h3-5H,2H2,1H3. The van der Waals surface area contributed by atoms with Crippen LogP contribution >= 0.6 is 0 Å². The Morgan fingerprint density at radius 2 is 2.08 bits per heavy atom. The Morgan fingerprint density at radius 1 is 1.38 bits per heavy atom. The summed E-state index contributed by atoms with van der Waals surface area (Å²) < 4.78 is 25.8. The molecule has 0 saturated heterocycles. The van der Waals surface area contributed by atoms with Crippen LogP contribution in [0.2, 0.25) is 0 Å². The Bertz CT molecular complexity index is 385. The summed E-state index contributed by atoms with van der Waals surface area (Å²) >= 11 is 0. The fraction of sp³-hybridized carbons (Fsp3) is 0.300. The number of hydrogen-bond acceptors (Lipinski definition) is 1. The predicted octanol–water partition coefficient (Wildman–Crippen LogP) is 2.34. The SMILES string of the molecule is CC1Cc2cc(F)cc(F)c2C1=O. The second kappa shape index (κ2) is 2.62. The molecule has 1 aliphatic rings. The highest BCUT2D eigenvalue weighted by atomic mass is 19.1. The smallest absolute Gasteiger partial charge is 0.169 e. The van der Waals surface area contributed by atoms with Gasteiger partial charge in [-0.1, -0.05) is 6.92 Å². The van der Waals surface area contributed by atoms with Crippen LogP contribution in [0.1, 0.15) is 22.8 Å². The van der Waals surface area contributed by atoms with Crippen molar-refractivity contribution >= 4 is 5.78 Å². The fourth-order valence-corrected chi connectivity index (χ4v) is 1.73. The minimum Gasteiger partial charge on any atom is -0.294 e. The van der Waals surface area contributed by atoms with Gasteiger partial charge in [-0.05, 0) is 18.1 Å². The molecule has 1 aromatic rings. The summed E-state index contributed by atoms with van der Waals surface area (Å²) in [5.74, 6) is -1.78. The largest absolute Gasteiger partial charge is 0.294 e. The number of Topliss-reactive ketones (excluding diaryl/α,β-unsaturated/α-hetero) is 1. The molecule has 1 atom stereocenters. The highest BCUT2D eigenvalue weighted by molar-refractivity contribution is 6.02. The third-order valence-corrected chi connectivity index (χ3v) is 2.36. The molecule has 13 heavy (non-hydrogen) atoms. The molecule has 0 N–H and O–H groups in total. The molecule has 2 rings (SSSR count). The number of halogens is 2. The van der Waals surface area contributed by atoms with Crippen LogP contribution in [0.25, 0.3) is 0 Å². The Hall–Kier alpha value is -1.25. The van der Waals surface area contributed by atoms with Gasteiger partial charge < -0.3 is 0 Å². The van der Waals surface area contributed by atoms with Crippen LogP contribution in [-0.4, -0.2) is 5.78 Å². The zero-order valence-corrected chi connectivity index (χ0v) is 7.10. The first-order valence-electron chi connectivity index (χ1n) is 4.11. The van der Waals surface area contributed by atoms with E-state index in [0.29, 0.717) is 12.0 Å². The Balaban J connectivity index is 2.64. The molecule has 0 saturated carbocycles. The Labute approximate surface area is 74.4 Å². The van der Waals surface area contributed by atoms with Crippen molar-refractivity contribution < 1.29 is 13.6 Å². The zero-order chi connectivity index (χ0) is 9.59. The lowest BCUT2D eigenvalue weighted by Crippen LogP contribution is -2.04. The summed E-state index contributed by atoms with van der Waals surface area (Å²) in [5, 5.41) is 0. The molecule has 0 bridgehead atoms. The summed E-state index contributed by atoms with van der Waals surface area (Å²) in [5.41, 5.74) is 0.573. The van der Waals surface area contributed by atoms with Gasteiger partial charge in [0.25, 0.3) is 0 Å². The molecule has 1 nitrogen and oxygen atoms in total. The molecule has 0 amide bonds. The van der Waals surface area contributed by atoms with E-state index in [4.69, 9.17) is 0 Å². The van der Waals surface area contributed by atoms with Crippen LogP contribution in [-0.2, 0) is 6.42 Å². The average molecular weight is 182 g/mol. The Kier molecular flexibility index (Phi) is 1.68. The van der Waals surface area contributed by atoms with Crippen molar-refractivity contribution in [2.45, 2.75) is 13.3 Å². The van der Waals surface area contributed by atoms with E-state index in [1.165, 1.54) is 6.07 Å². The lowest BCUT2D eigenvalue weighted by atomic mass is 10.1. The maximum absolute atomic E-state index is 13.1. The number of benzene rings is 1. The highest BCUT2D eigenvalue weighted by Gasteiger charge is 2.30. The topological polar surface area (TPSA) is 17.1 Å². The van der Waals surface area contributed by atoms with Gasteiger partial charge >= 0.3 is 0 Å². The molecule has 0 radical (unpaired) electrons. The molecular weight excluding hydrogens is 174 g/mol. The van der Waals surface area contributed by atoms with Crippen LogP contribution in [0.3, 0.4) is 0 Å². The van der Waals surface area contributed by atoms with Crippen molar-refractivity contribution in [2.75, 3.05) is 0 Å². The van der Waals surface area contributed by atoms with Crippen molar-refractivity contribution in [1.29, 1.82) is 0 Å². The maximum Gasteiger partial charge on any atom is 0.169 e. The average Bonchev–Trinajstić information content (AvgIpc) is 2.27. The number of ketones is 1. The minimum absolute atomic E-state index is 0.0777. The van der Waals surface area contributed by atoms with E-state index in [2.05, 4.69) is 0 Å². The van der Waals surface area contributed by atoms with Crippen molar-refractivity contribution in [3.05, 3.63) is 34.9 Å². The van der Waals surface area contributed by atoms with E-state index in [9.17, 15) is 13.6 Å². The monoisotopic (exact) mass is 182 g/mol. The summed E-state index contributed by atoms with van der Waals surface area (Å²) in [7, 11) is 0. The number of rotatable bonds is 0. The molecule has 68 valence electrons. The summed E-state index contributed by atoms with van der Waals surface area (Å²) in [6.45, 7) is 1.72. The van der Waals surface area contributed by atoms with Crippen molar-refractivity contribution in [1.82, 2.24) is 0 Å². The normalized spacial score (nSPS) is 20.5. The van der Waals surface area contributed by atoms with Gasteiger partial charge in [-0.2, -0.15) is 0 Å². The second-order valence-corrected chi connectivity index (χ2v) is 3.39. The molecule has 1 unspecified atom stereocenters. The third kappa shape index (κ3) is 1.15. The van der Waals surface area contributed by atoms with E-state index in [-0.39, 0.29) is 17.3 Å². The molecule has 0 aliphatic heterocycles. The lowest BCUT2D eigenvalue weighted by Gasteiger charge is -1.98. The summed E-state index contributed by atoms with van der Waals surface area (Å²) in [4.78, 5) is 11.4. The molecule has 0 heterocycles. The molecular formula is C10H8F2O. The first kappa shape index (κ1) is 8.35. The minimum atomic E-state index is -0.732. The number of carbonyl (C=O) groups excluding carboxylic acids is 1. The van der Waals surface area contributed by atoms with E-state index in [1.54, 1.807) is 6.92 Å². The number of carbonyl (C=O) groups is 1. The first-order valence-corrected chi connectivity index (χ1v) is 4.11. The van der Waals surface area contributed by atoms with Crippen LogP contribution in [0, 0.1) is 17.6 Å². The molecule has 0 fully saturated rings. The van der Waals surface area contributed by atoms with Crippen molar-refractivity contribution in [3.8, 4) is 0 Å². The zero-order valence-electron chi connectivity index (χ0n) is 7.10. The van der Waals surface area contributed by atoms with Gasteiger partial charge in [-0.15, -0.1) is 0 Å². The molecule has 0 aromatic heterocycles. The summed E-state index contributed by atoms with van der Waals surface area (Å²) in [6, 6.07) is 1.99. The summed E-state index contributed by atoms with van der Waals surface area (Å²) in [6.07, 6.45) is 0.447. The number of hydrogen-bond donors (Lipinski definition) is 0. The third-order valence-electron chi connectivity index (χ3n) is 2.36. The van der Waals surface area contributed by atoms with Crippen LogP contribution < -0.4 is 0 Å².